The van der Waals surface area contributed by atoms with Crippen LogP contribution in [0.3, 0.4) is 0 Å². The molecule has 0 amide bonds. The minimum Gasteiger partial charge on any atom is -0.486 e. The van der Waals surface area contributed by atoms with Gasteiger partial charge < -0.3 is 4.74 Å². The molecule has 0 aromatic carbocycles. The van der Waals surface area contributed by atoms with Crippen molar-refractivity contribution in [3.05, 3.63) is 11.3 Å². The minimum atomic E-state index is 0.872. The largest absolute Gasteiger partial charge is 0.486 e. The highest BCUT2D eigenvalue weighted by molar-refractivity contribution is 5.14. The summed E-state index contributed by atoms with van der Waals surface area (Å²) in [6.07, 6.45) is 12.5. The van der Waals surface area contributed by atoms with Gasteiger partial charge in [-0.15, -0.1) is 0 Å². The van der Waals surface area contributed by atoms with Crippen LogP contribution in [0.2, 0.25) is 0 Å². The number of ether oxygens (including phenoxy) is 1. The molecule has 1 nitrogen and oxygen atoms in total. The number of hydrogen-bond donors (Lipinski definition) is 0. The second-order valence-corrected chi connectivity index (χ2v) is 7.85. The van der Waals surface area contributed by atoms with Crippen molar-refractivity contribution in [2.75, 3.05) is 6.61 Å². The predicted molar refractivity (Wildman–Crippen MR) is 93.4 cm³/mol. The molecule has 0 aliphatic carbocycles. The quantitative estimate of drug-likeness (QED) is 0.363. The fraction of sp³-hybridized carbons (Fsp3) is 0.900. The summed E-state index contributed by atoms with van der Waals surface area (Å²) in [6, 6.07) is 0. The lowest BCUT2D eigenvalue weighted by atomic mass is 9.91. The van der Waals surface area contributed by atoms with E-state index in [4.69, 9.17) is 4.74 Å². The molecule has 1 rings (SSSR count). The Kier molecular flexibility index (Phi) is 9.11. The van der Waals surface area contributed by atoms with Crippen molar-refractivity contribution >= 4 is 0 Å². The zero-order chi connectivity index (χ0) is 15.7. The first-order valence-electron chi connectivity index (χ1n) is 9.30. The standard InChI is InChI=1S/C20H38O/c1-16(2)9-6-10-17(3)11-7-12-18(4)13-8-14-19(5)20-15-21-20/h16-18H,6-15H2,1-5H3. The van der Waals surface area contributed by atoms with Crippen molar-refractivity contribution in [3.63, 3.8) is 0 Å². The lowest BCUT2D eigenvalue weighted by molar-refractivity contribution is 0.388. The molecule has 1 heteroatoms. The van der Waals surface area contributed by atoms with Crippen molar-refractivity contribution in [2.24, 2.45) is 17.8 Å². The number of rotatable bonds is 12. The Hall–Kier alpha value is -0.460. The van der Waals surface area contributed by atoms with Crippen LogP contribution >= 0.6 is 0 Å². The summed E-state index contributed by atoms with van der Waals surface area (Å²) in [4.78, 5) is 0. The summed E-state index contributed by atoms with van der Waals surface area (Å²) in [5.74, 6) is 3.95. The third-order valence-corrected chi connectivity index (χ3v) is 4.89. The molecule has 124 valence electrons. The first kappa shape index (κ1) is 18.6. The Labute approximate surface area is 133 Å². The summed E-state index contributed by atoms with van der Waals surface area (Å²) in [7, 11) is 0. The van der Waals surface area contributed by atoms with E-state index in [1.165, 1.54) is 69.1 Å². The van der Waals surface area contributed by atoms with Crippen molar-refractivity contribution in [3.8, 4) is 0 Å². The average molecular weight is 295 g/mol. The van der Waals surface area contributed by atoms with Crippen LogP contribution in [0.1, 0.15) is 92.4 Å². The maximum absolute atomic E-state index is 5.25. The Morgan fingerprint density at radius 1 is 0.857 bits per heavy atom. The van der Waals surface area contributed by atoms with Crippen LogP contribution in [0.4, 0.5) is 0 Å². The van der Waals surface area contributed by atoms with Gasteiger partial charge in [0.15, 0.2) is 0 Å². The van der Waals surface area contributed by atoms with Gasteiger partial charge in [-0.05, 0) is 43.1 Å². The fourth-order valence-corrected chi connectivity index (χ4v) is 3.12. The van der Waals surface area contributed by atoms with E-state index in [0.717, 1.165) is 24.4 Å². The van der Waals surface area contributed by atoms with Crippen LogP contribution in [0, 0.1) is 17.8 Å². The van der Waals surface area contributed by atoms with E-state index in [1.54, 1.807) is 0 Å². The highest BCUT2D eigenvalue weighted by Gasteiger charge is 2.16. The third kappa shape index (κ3) is 9.98. The van der Waals surface area contributed by atoms with E-state index in [0.29, 0.717) is 0 Å². The minimum absolute atomic E-state index is 0.872. The average Bonchev–Trinajstić information content (AvgIpc) is 3.22. The van der Waals surface area contributed by atoms with Crippen LogP contribution in [0.25, 0.3) is 0 Å². The monoisotopic (exact) mass is 294 g/mol. The van der Waals surface area contributed by atoms with Crippen LogP contribution in [0.15, 0.2) is 11.3 Å². The van der Waals surface area contributed by atoms with Gasteiger partial charge in [0, 0.05) is 0 Å². The lowest BCUT2D eigenvalue weighted by Gasteiger charge is -2.15. The molecule has 2 atom stereocenters. The Morgan fingerprint density at radius 3 is 1.81 bits per heavy atom. The van der Waals surface area contributed by atoms with Gasteiger partial charge in [0.25, 0.3) is 0 Å². The highest BCUT2D eigenvalue weighted by atomic mass is 16.6. The molecule has 1 aliphatic rings. The molecular weight excluding hydrogens is 256 g/mol. The normalized spacial score (nSPS) is 19.3. The molecule has 1 heterocycles. The second kappa shape index (κ2) is 10.3. The van der Waals surface area contributed by atoms with Crippen LogP contribution < -0.4 is 0 Å². The summed E-state index contributed by atoms with van der Waals surface area (Å²) in [6.45, 7) is 12.7. The Bertz CT molecular complexity index is 297. The van der Waals surface area contributed by atoms with Gasteiger partial charge in [0.2, 0.25) is 0 Å². The molecule has 0 aromatic rings. The molecule has 1 fully saturated rings. The Balaban J connectivity index is 1.94. The van der Waals surface area contributed by atoms with Gasteiger partial charge in [0.05, 0.1) is 0 Å². The summed E-state index contributed by atoms with van der Waals surface area (Å²) >= 11 is 0. The van der Waals surface area contributed by atoms with Gasteiger partial charge in [-0.1, -0.05) is 72.6 Å². The third-order valence-electron chi connectivity index (χ3n) is 4.89. The first-order chi connectivity index (χ1) is 9.99. The number of epoxide rings is 1. The van der Waals surface area contributed by atoms with E-state index < -0.39 is 0 Å². The zero-order valence-electron chi connectivity index (χ0n) is 15.2. The molecular formula is C20H38O. The molecule has 1 saturated heterocycles. The summed E-state index contributed by atoms with van der Waals surface area (Å²) < 4.78 is 5.25. The Morgan fingerprint density at radius 2 is 1.33 bits per heavy atom. The van der Waals surface area contributed by atoms with E-state index in [2.05, 4.69) is 34.6 Å². The molecule has 1 aliphatic heterocycles. The van der Waals surface area contributed by atoms with Crippen LogP contribution in [0.5, 0.6) is 0 Å². The van der Waals surface area contributed by atoms with Gasteiger partial charge in [-0.25, -0.2) is 0 Å². The fourth-order valence-electron chi connectivity index (χ4n) is 3.12. The topological polar surface area (TPSA) is 12.5 Å². The molecule has 0 bridgehead atoms. The number of allylic oxidation sites excluding steroid dienone is 1. The SMILES string of the molecule is CC(CCCC(C)CCCC(C)CCCC(C)C)=C1CO1. The van der Waals surface area contributed by atoms with E-state index >= 15 is 0 Å². The molecule has 0 radical (unpaired) electrons. The maximum atomic E-state index is 5.25. The summed E-state index contributed by atoms with van der Waals surface area (Å²) in [5.41, 5.74) is 1.49. The van der Waals surface area contributed by atoms with Crippen molar-refractivity contribution in [2.45, 2.75) is 92.4 Å². The zero-order valence-corrected chi connectivity index (χ0v) is 15.2. The number of hydrogen-bond acceptors (Lipinski definition) is 1. The van der Waals surface area contributed by atoms with Gasteiger partial charge in [-0.3, -0.25) is 0 Å². The molecule has 0 aromatic heterocycles. The first-order valence-corrected chi connectivity index (χ1v) is 9.30. The van der Waals surface area contributed by atoms with Crippen molar-refractivity contribution in [1.82, 2.24) is 0 Å². The second-order valence-electron chi connectivity index (χ2n) is 7.85. The predicted octanol–water partition coefficient (Wildman–Crippen LogP) is 6.73. The molecule has 21 heavy (non-hydrogen) atoms. The molecule has 0 spiro atoms. The van der Waals surface area contributed by atoms with Crippen LogP contribution in [-0.4, -0.2) is 6.61 Å². The van der Waals surface area contributed by atoms with E-state index in [9.17, 15) is 0 Å². The summed E-state index contributed by atoms with van der Waals surface area (Å²) in [5, 5.41) is 0. The lowest BCUT2D eigenvalue weighted by Crippen LogP contribution is -2.00. The van der Waals surface area contributed by atoms with Crippen molar-refractivity contribution < 1.29 is 4.74 Å². The highest BCUT2D eigenvalue weighted by Crippen LogP contribution is 2.25. The van der Waals surface area contributed by atoms with E-state index in [1.807, 2.05) is 0 Å². The smallest absolute Gasteiger partial charge is 0.145 e. The van der Waals surface area contributed by atoms with Gasteiger partial charge >= 0.3 is 0 Å². The van der Waals surface area contributed by atoms with Gasteiger partial charge in [-0.2, -0.15) is 0 Å². The molecule has 0 N–H and O–H groups in total. The van der Waals surface area contributed by atoms with Crippen LogP contribution in [-0.2, 0) is 4.74 Å². The molecule has 0 saturated carbocycles. The van der Waals surface area contributed by atoms with E-state index in [-0.39, 0.29) is 0 Å². The van der Waals surface area contributed by atoms with Crippen molar-refractivity contribution in [1.29, 1.82) is 0 Å². The maximum Gasteiger partial charge on any atom is 0.145 e. The molecule has 2 unspecified atom stereocenters. The van der Waals surface area contributed by atoms with Gasteiger partial charge in [0.1, 0.15) is 12.4 Å².